The molecule has 2 unspecified atom stereocenters. The van der Waals surface area contributed by atoms with Gasteiger partial charge in [0, 0.05) is 25.7 Å². The van der Waals surface area contributed by atoms with E-state index in [9.17, 15) is 14.7 Å². The summed E-state index contributed by atoms with van der Waals surface area (Å²) >= 11 is 1.53. The van der Waals surface area contributed by atoms with Gasteiger partial charge in [-0.05, 0) is 37.3 Å². The van der Waals surface area contributed by atoms with E-state index in [0.717, 1.165) is 37.2 Å². The van der Waals surface area contributed by atoms with E-state index in [0.29, 0.717) is 25.3 Å². The fourth-order valence-electron chi connectivity index (χ4n) is 3.34. The van der Waals surface area contributed by atoms with Crippen molar-refractivity contribution in [1.29, 1.82) is 0 Å². The Morgan fingerprint density at radius 2 is 2.25 bits per heavy atom. The molecular weight excluding hydrogens is 380 g/mol. The van der Waals surface area contributed by atoms with Crippen LogP contribution in [0.5, 0.6) is 0 Å². The topological polar surface area (TPSA) is 122 Å². The number of hydrogen-bond donors (Lipinski definition) is 3. The number of nitrogens with one attached hydrogen (secondary N) is 1. The Balaban J connectivity index is 1.31. The molecule has 0 spiro atoms. The van der Waals surface area contributed by atoms with Gasteiger partial charge in [-0.3, -0.25) is 9.59 Å². The lowest BCUT2D eigenvalue weighted by Gasteiger charge is -2.34. The van der Waals surface area contributed by atoms with E-state index in [1.807, 2.05) is 17.5 Å². The Morgan fingerprint density at radius 1 is 1.39 bits per heavy atom. The third-order valence-electron chi connectivity index (χ3n) is 4.97. The lowest BCUT2D eigenvalue weighted by atomic mass is 9.94. The minimum absolute atomic E-state index is 0.235. The molecule has 2 atom stereocenters. The molecule has 1 aliphatic heterocycles. The molecule has 3 heterocycles. The Kier molecular flexibility index (Phi) is 7.18. The van der Waals surface area contributed by atoms with Gasteiger partial charge in [-0.15, -0.1) is 11.3 Å². The first-order valence-corrected chi connectivity index (χ1v) is 10.4. The van der Waals surface area contributed by atoms with Gasteiger partial charge in [0.1, 0.15) is 0 Å². The standard InChI is InChI=1S/C19H26N4O4S/c20-18(25)13-12-23(9-6-15(13)24)8-3-1-2-7-21-19(26)14-11-16(27-22-14)17-5-4-10-28-17/h4-5,10-11,13,15,24H,1-3,6-9,12H2,(H2,20,25)(H,21,26). The maximum Gasteiger partial charge on any atom is 0.273 e. The molecule has 152 valence electrons. The second-order valence-electron chi connectivity index (χ2n) is 7.04. The number of unbranched alkanes of at least 4 members (excludes halogenated alkanes) is 2. The number of primary amides is 1. The van der Waals surface area contributed by atoms with Crippen molar-refractivity contribution < 1.29 is 19.2 Å². The molecular formula is C19H26N4O4S. The zero-order valence-corrected chi connectivity index (χ0v) is 16.5. The number of aliphatic hydroxyl groups is 1. The van der Waals surface area contributed by atoms with Crippen LogP contribution in [-0.4, -0.2) is 59.3 Å². The summed E-state index contributed by atoms with van der Waals surface area (Å²) in [7, 11) is 0. The van der Waals surface area contributed by atoms with Crippen LogP contribution in [0.2, 0.25) is 0 Å². The SMILES string of the molecule is NC(=O)C1CN(CCCCCNC(=O)c2cc(-c3cccs3)on2)CCC1O. The van der Waals surface area contributed by atoms with Crippen molar-refractivity contribution in [3.8, 4) is 10.6 Å². The molecule has 0 aromatic carbocycles. The summed E-state index contributed by atoms with van der Waals surface area (Å²) in [6.07, 6.45) is 2.73. The molecule has 0 saturated carbocycles. The molecule has 1 saturated heterocycles. The van der Waals surface area contributed by atoms with Gasteiger partial charge in [0.2, 0.25) is 5.91 Å². The first-order chi connectivity index (χ1) is 13.5. The van der Waals surface area contributed by atoms with Crippen molar-refractivity contribution >= 4 is 23.2 Å². The van der Waals surface area contributed by atoms with Gasteiger partial charge in [0.15, 0.2) is 11.5 Å². The Bertz CT molecular complexity index is 777. The summed E-state index contributed by atoms with van der Waals surface area (Å²) in [6, 6.07) is 5.49. The zero-order valence-electron chi connectivity index (χ0n) is 15.7. The van der Waals surface area contributed by atoms with Gasteiger partial charge in [-0.2, -0.15) is 0 Å². The highest BCUT2D eigenvalue weighted by molar-refractivity contribution is 7.13. The van der Waals surface area contributed by atoms with Crippen molar-refractivity contribution in [3.05, 3.63) is 29.3 Å². The zero-order chi connectivity index (χ0) is 19.9. The van der Waals surface area contributed by atoms with Gasteiger partial charge < -0.3 is 25.6 Å². The van der Waals surface area contributed by atoms with Crippen molar-refractivity contribution in [2.75, 3.05) is 26.2 Å². The van der Waals surface area contributed by atoms with Gasteiger partial charge in [-0.25, -0.2) is 0 Å². The number of nitrogens with zero attached hydrogens (tertiary/aromatic N) is 2. The predicted molar refractivity (Wildman–Crippen MR) is 106 cm³/mol. The van der Waals surface area contributed by atoms with Crippen LogP contribution < -0.4 is 11.1 Å². The first kappa shape index (κ1) is 20.5. The van der Waals surface area contributed by atoms with Gasteiger partial charge >= 0.3 is 0 Å². The highest BCUT2D eigenvalue weighted by Gasteiger charge is 2.31. The molecule has 0 aliphatic carbocycles. The van der Waals surface area contributed by atoms with Crippen LogP contribution in [0.15, 0.2) is 28.1 Å². The summed E-state index contributed by atoms with van der Waals surface area (Å²) in [6.45, 7) is 2.73. The predicted octanol–water partition coefficient (Wildman–Crippen LogP) is 1.47. The van der Waals surface area contributed by atoms with E-state index in [1.165, 1.54) is 11.3 Å². The molecule has 2 aromatic heterocycles. The number of carbonyl (C=O) groups is 2. The lowest BCUT2D eigenvalue weighted by Crippen LogP contribution is -2.48. The molecule has 3 rings (SSSR count). The van der Waals surface area contributed by atoms with Crippen LogP contribution in [0.3, 0.4) is 0 Å². The van der Waals surface area contributed by atoms with E-state index in [1.54, 1.807) is 6.07 Å². The number of piperidine rings is 1. The summed E-state index contributed by atoms with van der Waals surface area (Å²) < 4.78 is 5.22. The molecule has 8 nitrogen and oxygen atoms in total. The number of aliphatic hydroxyl groups excluding tert-OH is 1. The van der Waals surface area contributed by atoms with Crippen LogP contribution in [0.4, 0.5) is 0 Å². The second kappa shape index (κ2) is 9.81. The van der Waals surface area contributed by atoms with E-state index in [-0.39, 0.29) is 11.6 Å². The number of carbonyl (C=O) groups excluding carboxylic acids is 2. The fraction of sp³-hybridized carbons (Fsp3) is 0.526. The molecule has 0 radical (unpaired) electrons. The number of thiophene rings is 1. The number of aromatic nitrogens is 1. The average Bonchev–Trinajstić information content (AvgIpc) is 3.36. The molecule has 2 amide bonds. The molecule has 4 N–H and O–H groups in total. The van der Waals surface area contributed by atoms with Crippen LogP contribution >= 0.6 is 11.3 Å². The maximum atomic E-state index is 12.1. The third-order valence-corrected chi connectivity index (χ3v) is 5.85. The second-order valence-corrected chi connectivity index (χ2v) is 7.98. The van der Waals surface area contributed by atoms with Crippen LogP contribution in [0, 0.1) is 5.92 Å². The van der Waals surface area contributed by atoms with E-state index in [4.69, 9.17) is 10.3 Å². The molecule has 1 fully saturated rings. The number of likely N-dealkylation sites (tertiary alicyclic amines) is 1. The maximum absolute atomic E-state index is 12.1. The van der Waals surface area contributed by atoms with Crippen LogP contribution in [0.25, 0.3) is 10.6 Å². The monoisotopic (exact) mass is 406 g/mol. The summed E-state index contributed by atoms with van der Waals surface area (Å²) in [5.74, 6) is -0.550. The Labute approximate surface area is 167 Å². The smallest absolute Gasteiger partial charge is 0.273 e. The number of rotatable bonds is 9. The largest absolute Gasteiger partial charge is 0.392 e. The molecule has 2 aromatic rings. The molecule has 1 aliphatic rings. The molecule has 0 bridgehead atoms. The van der Waals surface area contributed by atoms with Gasteiger partial charge in [0.25, 0.3) is 5.91 Å². The van der Waals surface area contributed by atoms with Gasteiger partial charge in [0.05, 0.1) is 16.9 Å². The van der Waals surface area contributed by atoms with Crippen molar-refractivity contribution in [1.82, 2.24) is 15.4 Å². The number of amides is 2. The average molecular weight is 407 g/mol. The van der Waals surface area contributed by atoms with E-state index in [2.05, 4.69) is 15.4 Å². The van der Waals surface area contributed by atoms with Gasteiger partial charge in [-0.1, -0.05) is 17.6 Å². The lowest BCUT2D eigenvalue weighted by molar-refractivity contribution is -0.128. The normalized spacial score (nSPS) is 20.2. The first-order valence-electron chi connectivity index (χ1n) is 9.53. The third kappa shape index (κ3) is 5.40. The summed E-state index contributed by atoms with van der Waals surface area (Å²) in [4.78, 5) is 26.6. The van der Waals surface area contributed by atoms with Crippen molar-refractivity contribution in [2.45, 2.75) is 31.8 Å². The molecule has 28 heavy (non-hydrogen) atoms. The molecule has 9 heteroatoms. The quantitative estimate of drug-likeness (QED) is 0.542. The Morgan fingerprint density at radius 3 is 3.00 bits per heavy atom. The van der Waals surface area contributed by atoms with Crippen molar-refractivity contribution in [2.24, 2.45) is 11.7 Å². The highest BCUT2D eigenvalue weighted by Crippen LogP contribution is 2.25. The Hall–Kier alpha value is -2.23. The van der Waals surface area contributed by atoms with Crippen LogP contribution in [0.1, 0.15) is 36.2 Å². The summed E-state index contributed by atoms with van der Waals surface area (Å²) in [5.41, 5.74) is 5.63. The fourth-order valence-corrected chi connectivity index (χ4v) is 4.01. The van der Waals surface area contributed by atoms with E-state index < -0.39 is 17.9 Å². The number of hydrogen-bond acceptors (Lipinski definition) is 7. The summed E-state index contributed by atoms with van der Waals surface area (Å²) in [5, 5.41) is 18.5. The minimum atomic E-state index is -0.624. The minimum Gasteiger partial charge on any atom is -0.392 e. The highest BCUT2D eigenvalue weighted by atomic mass is 32.1. The van der Waals surface area contributed by atoms with E-state index >= 15 is 0 Å². The van der Waals surface area contributed by atoms with Crippen molar-refractivity contribution in [3.63, 3.8) is 0 Å². The van der Waals surface area contributed by atoms with Crippen LogP contribution in [-0.2, 0) is 4.79 Å². The number of nitrogens with two attached hydrogens (primary N) is 1.